The van der Waals surface area contributed by atoms with Crippen LogP contribution in [0, 0.1) is 17.6 Å². The van der Waals surface area contributed by atoms with E-state index in [0.717, 1.165) is 18.9 Å². The molecule has 1 aliphatic heterocycles. The number of nitrogens with zero attached hydrogens (tertiary/aromatic N) is 1. The summed E-state index contributed by atoms with van der Waals surface area (Å²) in [5.74, 6) is -1.22. The summed E-state index contributed by atoms with van der Waals surface area (Å²) in [5, 5.41) is 12.5. The van der Waals surface area contributed by atoms with Crippen LogP contribution in [0.3, 0.4) is 0 Å². The molecule has 1 saturated heterocycles. The number of hydrogen-bond donors (Lipinski definition) is 2. The van der Waals surface area contributed by atoms with Gasteiger partial charge in [0.15, 0.2) is 0 Å². The highest BCUT2D eigenvalue weighted by atomic mass is 19.1. The van der Waals surface area contributed by atoms with Gasteiger partial charge in [0.05, 0.1) is 12.1 Å². The van der Waals surface area contributed by atoms with Gasteiger partial charge in [-0.3, -0.25) is 0 Å². The SMILES string of the molecule is CCC(NC(=O)N1CCCC(C(C)O)C1)c1ccc(F)cc1F. The van der Waals surface area contributed by atoms with E-state index in [1.165, 1.54) is 12.1 Å². The number of aliphatic hydroxyl groups is 1. The lowest BCUT2D eigenvalue weighted by molar-refractivity contribution is 0.0732. The number of nitrogens with one attached hydrogen (secondary N) is 1. The first kappa shape index (κ1) is 17.7. The molecule has 6 heteroatoms. The molecule has 2 amide bonds. The van der Waals surface area contributed by atoms with Gasteiger partial charge in [-0.05, 0) is 32.3 Å². The van der Waals surface area contributed by atoms with E-state index < -0.39 is 23.8 Å². The van der Waals surface area contributed by atoms with E-state index >= 15 is 0 Å². The zero-order chi connectivity index (χ0) is 17.0. The minimum absolute atomic E-state index is 0.0668. The molecule has 0 radical (unpaired) electrons. The summed E-state index contributed by atoms with van der Waals surface area (Å²) in [7, 11) is 0. The summed E-state index contributed by atoms with van der Waals surface area (Å²) >= 11 is 0. The fourth-order valence-electron chi connectivity index (χ4n) is 3.01. The van der Waals surface area contributed by atoms with Crippen molar-refractivity contribution in [3.8, 4) is 0 Å². The maximum absolute atomic E-state index is 13.9. The zero-order valence-corrected chi connectivity index (χ0v) is 13.6. The van der Waals surface area contributed by atoms with Crippen LogP contribution in [0.5, 0.6) is 0 Å². The van der Waals surface area contributed by atoms with Gasteiger partial charge in [-0.1, -0.05) is 13.0 Å². The summed E-state index contributed by atoms with van der Waals surface area (Å²) in [6.07, 6.45) is 1.78. The molecule has 128 valence electrons. The van der Waals surface area contributed by atoms with Crippen LogP contribution in [-0.2, 0) is 0 Å². The molecule has 0 bridgehead atoms. The van der Waals surface area contributed by atoms with Crippen LogP contribution < -0.4 is 5.32 Å². The van der Waals surface area contributed by atoms with Gasteiger partial charge in [-0.15, -0.1) is 0 Å². The minimum Gasteiger partial charge on any atom is -0.393 e. The Bertz CT molecular complexity index is 551. The van der Waals surface area contributed by atoms with Crippen molar-refractivity contribution in [1.29, 1.82) is 0 Å². The van der Waals surface area contributed by atoms with Gasteiger partial charge in [0.2, 0.25) is 0 Å². The molecule has 0 aromatic heterocycles. The third-order valence-electron chi connectivity index (χ3n) is 4.47. The Hall–Kier alpha value is -1.69. The lowest BCUT2D eigenvalue weighted by Crippen LogP contribution is -2.48. The number of carbonyl (C=O) groups is 1. The molecule has 1 aliphatic rings. The Morgan fingerprint density at radius 1 is 1.48 bits per heavy atom. The van der Waals surface area contributed by atoms with E-state index in [-0.39, 0.29) is 17.5 Å². The number of halogens is 2. The van der Waals surface area contributed by atoms with Gasteiger partial charge in [0.1, 0.15) is 11.6 Å². The molecular weight excluding hydrogens is 302 g/mol. The van der Waals surface area contributed by atoms with Crippen molar-refractivity contribution in [2.45, 2.75) is 45.3 Å². The monoisotopic (exact) mass is 326 g/mol. The first-order chi connectivity index (χ1) is 10.9. The first-order valence-corrected chi connectivity index (χ1v) is 8.10. The number of aliphatic hydroxyl groups excluding tert-OH is 1. The summed E-state index contributed by atoms with van der Waals surface area (Å²) < 4.78 is 26.9. The van der Waals surface area contributed by atoms with Crippen LogP contribution in [-0.4, -0.2) is 35.2 Å². The van der Waals surface area contributed by atoms with Gasteiger partial charge < -0.3 is 15.3 Å². The highest BCUT2D eigenvalue weighted by Gasteiger charge is 2.28. The maximum atomic E-state index is 13.9. The highest BCUT2D eigenvalue weighted by molar-refractivity contribution is 5.74. The fourth-order valence-corrected chi connectivity index (χ4v) is 3.01. The smallest absolute Gasteiger partial charge is 0.317 e. The van der Waals surface area contributed by atoms with Crippen molar-refractivity contribution in [3.05, 3.63) is 35.4 Å². The van der Waals surface area contributed by atoms with Gasteiger partial charge in [-0.2, -0.15) is 0 Å². The van der Waals surface area contributed by atoms with Crippen LogP contribution in [0.1, 0.15) is 44.7 Å². The molecule has 0 aliphatic carbocycles. The Balaban J connectivity index is 2.04. The van der Waals surface area contributed by atoms with E-state index in [2.05, 4.69) is 5.32 Å². The number of hydrogen-bond acceptors (Lipinski definition) is 2. The molecule has 2 rings (SSSR count). The molecule has 1 heterocycles. The Morgan fingerprint density at radius 3 is 2.83 bits per heavy atom. The summed E-state index contributed by atoms with van der Waals surface area (Å²) in [6, 6.07) is 2.61. The van der Waals surface area contributed by atoms with Crippen molar-refractivity contribution in [3.63, 3.8) is 0 Å². The second kappa shape index (κ2) is 7.73. The van der Waals surface area contributed by atoms with Gasteiger partial charge in [0, 0.05) is 30.6 Å². The first-order valence-electron chi connectivity index (χ1n) is 8.10. The van der Waals surface area contributed by atoms with Crippen molar-refractivity contribution in [1.82, 2.24) is 10.2 Å². The lowest BCUT2D eigenvalue weighted by Gasteiger charge is -2.35. The third kappa shape index (κ3) is 4.41. The van der Waals surface area contributed by atoms with Gasteiger partial charge in [0.25, 0.3) is 0 Å². The molecule has 23 heavy (non-hydrogen) atoms. The average molecular weight is 326 g/mol. The summed E-state index contributed by atoms with van der Waals surface area (Å²) in [6.45, 7) is 4.68. The lowest BCUT2D eigenvalue weighted by atomic mass is 9.93. The quantitative estimate of drug-likeness (QED) is 0.892. The van der Waals surface area contributed by atoms with Crippen LogP contribution in [0.25, 0.3) is 0 Å². The molecule has 0 saturated carbocycles. The van der Waals surface area contributed by atoms with E-state index in [1.54, 1.807) is 11.8 Å². The fraction of sp³-hybridized carbons (Fsp3) is 0.588. The van der Waals surface area contributed by atoms with Crippen molar-refractivity contribution >= 4 is 6.03 Å². The largest absolute Gasteiger partial charge is 0.393 e. The summed E-state index contributed by atoms with van der Waals surface area (Å²) in [5.41, 5.74) is 0.284. The third-order valence-corrected chi connectivity index (χ3v) is 4.47. The van der Waals surface area contributed by atoms with E-state index in [9.17, 15) is 18.7 Å². The number of benzene rings is 1. The Kier molecular flexibility index (Phi) is 5.93. The zero-order valence-electron chi connectivity index (χ0n) is 13.6. The van der Waals surface area contributed by atoms with E-state index in [1.807, 2.05) is 6.92 Å². The standard InChI is InChI=1S/C17H24F2N2O2/c1-3-16(14-7-6-13(18)9-15(14)19)20-17(23)21-8-4-5-12(10-21)11(2)22/h6-7,9,11-12,16,22H,3-5,8,10H2,1-2H3,(H,20,23). The van der Waals surface area contributed by atoms with Gasteiger partial charge >= 0.3 is 6.03 Å². The number of likely N-dealkylation sites (tertiary alicyclic amines) is 1. The van der Waals surface area contributed by atoms with Crippen molar-refractivity contribution in [2.24, 2.45) is 5.92 Å². The molecule has 1 aromatic carbocycles. The van der Waals surface area contributed by atoms with Crippen molar-refractivity contribution in [2.75, 3.05) is 13.1 Å². The van der Waals surface area contributed by atoms with E-state index in [4.69, 9.17) is 0 Å². The molecular formula is C17H24F2N2O2. The predicted molar refractivity (Wildman–Crippen MR) is 83.9 cm³/mol. The van der Waals surface area contributed by atoms with Crippen LogP contribution in [0.4, 0.5) is 13.6 Å². The Labute approximate surface area is 135 Å². The average Bonchev–Trinajstić information content (AvgIpc) is 2.53. The Morgan fingerprint density at radius 2 is 2.22 bits per heavy atom. The predicted octanol–water partition coefficient (Wildman–Crippen LogP) is 3.22. The van der Waals surface area contributed by atoms with Crippen LogP contribution in [0.15, 0.2) is 18.2 Å². The second-order valence-corrected chi connectivity index (χ2v) is 6.17. The number of carbonyl (C=O) groups excluding carboxylic acids is 1. The highest BCUT2D eigenvalue weighted by Crippen LogP contribution is 2.23. The molecule has 2 N–H and O–H groups in total. The molecule has 0 spiro atoms. The van der Waals surface area contributed by atoms with E-state index in [0.29, 0.717) is 19.5 Å². The molecule has 1 aromatic rings. The molecule has 3 atom stereocenters. The van der Waals surface area contributed by atoms with Gasteiger partial charge in [-0.25, -0.2) is 13.6 Å². The normalized spacial score (nSPS) is 20.9. The van der Waals surface area contributed by atoms with Crippen molar-refractivity contribution < 1.29 is 18.7 Å². The maximum Gasteiger partial charge on any atom is 0.317 e. The van der Waals surface area contributed by atoms with Crippen LogP contribution in [0.2, 0.25) is 0 Å². The molecule has 4 nitrogen and oxygen atoms in total. The molecule has 1 fully saturated rings. The summed E-state index contributed by atoms with van der Waals surface area (Å²) in [4.78, 5) is 14.1. The topological polar surface area (TPSA) is 52.6 Å². The number of rotatable bonds is 4. The molecule has 3 unspecified atom stereocenters. The number of piperidine rings is 1. The minimum atomic E-state index is -0.655. The van der Waals surface area contributed by atoms with Crippen LogP contribution >= 0.6 is 0 Å². The number of urea groups is 1. The number of amides is 2. The second-order valence-electron chi connectivity index (χ2n) is 6.17.